The van der Waals surface area contributed by atoms with Crippen molar-refractivity contribution in [3.05, 3.63) is 42.4 Å². The lowest BCUT2D eigenvalue weighted by atomic mass is 10.2. The van der Waals surface area contributed by atoms with Crippen molar-refractivity contribution in [2.24, 2.45) is 5.92 Å². The van der Waals surface area contributed by atoms with Crippen LogP contribution in [-0.4, -0.2) is 19.6 Å². The summed E-state index contributed by atoms with van der Waals surface area (Å²) in [4.78, 5) is 12.2. The van der Waals surface area contributed by atoms with Crippen LogP contribution < -0.4 is 14.8 Å². The molecule has 1 fully saturated rings. The summed E-state index contributed by atoms with van der Waals surface area (Å²) in [6, 6.07) is 7.96. The summed E-state index contributed by atoms with van der Waals surface area (Å²) in [6.07, 6.45) is 2.27. The van der Waals surface area contributed by atoms with Crippen molar-refractivity contribution in [3.63, 3.8) is 0 Å². The number of methoxy groups -OCH3 is 1. The number of hydrogen-bond acceptors (Lipinski definition) is 4. The number of carbonyl (C=O) groups is 1. The monoisotopic (exact) mass is 323 g/mol. The van der Waals surface area contributed by atoms with Gasteiger partial charge in [0, 0.05) is 23.6 Å². The Balaban J connectivity index is 1.67. The van der Waals surface area contributed by atoms with Crippen molar-refractivity contribution in [3.8, 4) is 11.5 Å². The second kappa shape index (κ2) is 6.28. The smallest absolute Gasteiger partial charge is 0.387 e. The van der Waals surface area contributed by atoms with Crippen LogP contribution in [0.2, 0.25) is 0 Å². The molecule has 23 heavy (non-hydrogen) atoms. The molecule has 1 aliphatic carbocycles. The third-order valence-electron chi connectivity index (χ3n) is 3.68. The number of alkyl halides is 2. The van der Waals surface area contributed by atoms with Gasteiger partial charge in [0.25, 0.3) is 0 Å². The molecule has 1 aromatic carbocycles. The van der Waals surface area contributed by atoms with Gasteiger partial charge < -0.3 is 19.2 Å². The average Bonchev–Trinajstić information content (AvgIpc) is 3.13. The number of benzene rings is 1. The number of rotatable bonds is 6. The van der Waals surface area contributed by atoms with E-state index in [1.165, 1.54) is 19.2 Å². The molecule has 1 aromatic heterocycles. The van der Waals surface area contributed by atoms with Crippen LogP contribution in [-0.2, 0) is 4.79 Å². The number of ether oxygens (including phenoxy) is 2. The van der Waals surface area contributed by atoms with E-state index in [1.54, 1.807) is 18.4 Å². The largest absolute Gasteiger partial charge is 0.493 e. The second-order valence-corrected chi connectivity index (χ2v) is 5.20. The molecular formula is C16H15F2NO4. The van der Waals surface area contributed by atoms with E-state index in [-0.39, 0.29) is 29.2 Å². The molecule has 1 amide bonds. The first-order valence-corrected chi connectivity index (χ1v) is 7.05. The molecule has 2 atom stereocenters. The molecule has 0 saturated heterocycles. The summed E-state index contributed by atoms with van der Waals surface area (Å²) in [7, 11) is 1.35. The molecule has 0 radical (unpaired) electrons. The number of carbonyl (C=O) groups excluding carboxylic acids is 1. The molecule has 0 spiro atoms. The first kappa shape index (κ1) is 15.3. The van der Waals surface area contributed by atoms with Crippen molar-refractivity contribution < 1.29 is 27.5 Å². The first-order chi connectivity index (χ1) is 11.1. The SMILES string of the molecule is COc1ccc(NC(=O)C2CC2c2ccco2)cc1OC(F)F. The van der Waals surface area contributed by atoms with Crippen LogP contribution in [0.3, 0.4) is 0 Å². The van der Waals surface area contributed by atoms with Gasteiger partial charge in [-0.25, -0.2) is 0 Å². The van der Waals surface area contributed by atoms with Gasteiger partial charge in [0.2, 0.25) is 5.91 Å². The van der Waals surface area contributed by atoms with E-state index in [0.29, 0.717) is 12.1 Å². The van der Waals surface area contributed by atoms with Crippen molar-refractivity contribution in [1.29, 1.82) is 0 Å². The van der Waals surface area contributed by atoms with Gasteiger partial charge >= 0.3 is 6.61 Å². The van der Waals surface area contributed by atoms with Crippen LogP contribution in [0.25, 0.3) is 0 Å². The number of amides is 1. The Labute approximate surface area is 131 Å². The normalized spacial score (nSPS) is 19.5. The molecule has 1 N–H and O–H groups in total. The highest BCUT2D eigenvalue weighted by atomic mass is 19.3. The Hall–Kier alpha value is -2.57. The Morgan fingerprint density at radius 3 is 2.83 bits per heavy atom. The lowest BCUT2D eigenvalue weighted by Crippen LogP contribution is -2.14. The molecule has 7 heteroatoms. The average molecular weight is 323 g/mol. The third-order valence-corrected chi connectivity index (χ3v) is 3.68. The summed E-state index contributed by atoms with van der Waals surface area (Å²) in [5, 5.41) is 2.70. The Morgan fingerprint density at radius 2 is 2.17 bits per heavy atom. The van der Waals surface area contributed by atoms with E-state index in [9.17, 15) is 13.6 Å². The van der Waals surface area contributed by atoms with E-state index in [2.05, 4.69) is 10.1 Å². The highest BCUT2D eigenvalue weighted by Gasteiger charge is 2.45. The summed E-state index contributed by atoms with van der Waals surface area (Å²) in [6.45, 7) is -2.97. The lowest BCUT2D eigenvalue weighted by molar-refractivity contribution is -0.117. The maximum atomic E-state index is 12.4. The standard InChI is InChI=1S/C16H15F2NO4/c1-21-13-5-4-9(7-14(13)23-16(17)18)19-15(20)11-8-10(11)12-3-2-6-22-12/h2-7,10-11,16H,8H2,1H3,(H,19,20). The highest BCUT2D eigenvalue weighted by molar-refractivity contribution is 5.95. The molecule has 0 bridgehead atoms. The zero-order chi connectivity index (χ0) is 16.4. The van der Waals surface area contributed by atoms with Crippen LogP contribution in [0, 0.1) is 5.92 Å². The van der Waals surface area contributed by atoms with Gasteiger partial charge in [-0.15, -0.1) is 0 Å². The molecule has 2 aromatic rings. The van der Waals surface area contributed by atoms with Gasteiger partial charge in [-0.3, -0.25) is 4.79 Å². The summed E-state index contributed by atoms with van der Waals surface area (Å²) in [5.74, 6) is 0.533. The van der Waals surface area contributed by atoms with Crippen molar-refractivity contribution in [2.75, 3.05) is 12.4 Å². The third kappa shape index (κ3) is 3.44. The summed E-state index contributed by atoms with van der Waals surface area (Å²) < 4.78 is 39.4. The molecule has 1 saturated carbocycles. The number of anilines is 1. The van der Waals surface area contributed by atoms with Gasteiger partial charge in [-0.2, -0.15) is 8.78 Å². The minimum Gasteiger partial charge on any atom is -0.493 e. The highest BCUT2D eigenvalue weighted by Crippen LogP contribution is 2.48. The first-order valence-electron chi connectivity index (χ1n) is 7.05. The van der Waals surface area contributed by atoms with E-state index in [1.807, 2.05) is 6.07 Å². The fraction of sp³-hybridized carbons (Fsp3) is 0.312. The molecule has 2 unspecified atom stereocenters. The quantitative estimate of drug-likeness (QED) is 0.882. The number of hydrogen-bond donors (Lipinski definition) is 1. The fourth-order valence-electron chi connectivity index (χ4n) is 2.48. The van der Waals surface area contributed by atoms with Crippen molar-refractivity contribution in [2.45, 2.75) is 19.0 Å². The second-order valence-electron chi connectivity index (χ2n) is 5.20. The van der Waals surface area contributed by atoms with Gasteiger partial charge in [-0.05, 0) is 30.7 Å². The Bertz CT molecular complexity index is 687. The zero-order valence-electron chi connectivity index (χ0n) is 12.3. The molecule has 0 aliphatic heterocycles. The predicted octanol–water partition coefficient (Wildman–Crippen LogP) is 3.63. The summed E-state index contributed by atoms with van der Waals surface area (Å²) in [5.41, 5.74) is 0.372. The minimum absolute atomic E-state index is 0.0695. The topological polar surface area (TPSA) is 60.7 Å². The summed E-state index contributed by atoms with van der Waals surface area (Å²) >= 11 is 0. The lowest BCUT2D eigenvalue weighted by Gasteiger charge is -2.12. The van der Waals surface area contributed by atoms with Crippen molar-refractivity contribution >= 4 is 11.6 Å². The Kier molecular flexibility index (Phi) is 4.18. The number of furan rings is 1. The van der Waals surface area contributed by atoms with Gasteiger partial charge in [0.05, 0.1) is 13.4 Å². The van der Waals surface area contributed by atoms with E-state index in [4.69, 9.17) is 9.15 Å². The molecule has 3 rings (SSSR count). The van der Waals surface area contributed by atoms with Crippen LogP contribution in [0.4, 0.5) is 14.5 Å². The predicted molar refractivity (Wildman–Crippen MR) is 77.8 cm³/mol. The van der Waals surface area contributed by atoms with E-state index >= 15 is 0 Å². The van der Waals surface area contributed by atoms with Crippen LogP contribution in [0.1, 0.15) is 18.1 Å². The van der Waals surface area contributed by atoms with E-state index in [0.717, 1.165) is 5.76 Å². The molecule has 1 aliphatic rings. The maximum Gasteiger partial charge on any atom is 0.387 e. The van der Waals surface area contributed by atoms with E-state index < -0.39 is 6.61 Å². The minimum atomic E-state index is -2.97. The van der Waals surface area contributed by atoms with Gasteiger partial charge in [0.15, 0.2) is 11.5 Å². The van der Waals surface area contributed by atoms with Crippen LogP contribution >= 0.6 is 0 Å². The zero-order valence-corrected chi connectivity index (χ0v) is 12.3. The number of halogens is 2. The van der Waals surface area contributed by atoms with Gasteiger partial charge in [0.1, 0.15) is 5.76 Å². The maximum absolute atomic E-state index is 12.4. The van der Waals surface area contributed by atoms with Crippen molar-refractivity contribution in [1.82, 2.24) is 0 Å². The molecule has 1 heterocycles. The molecule has 5 nitrogen and oxygen atoms in total. The van der Waals surface area contributed by atoms with Gasteiger partial charge in [-0.1, -0.05) is 0 Å². The number of nitrogens with one attached hydrogen (secondary N) is 1. The van der Waals surface area contributed by atoms with Crippen LogP contribution in [0.5, 0.6) is 11.5 Å². The Morgan fingerprint density at radius 1 is 1.35 bits per heavy atom. The fourth-order valence-corrected chi connectivity index (χ4v) is 2.48. The van der Waals surface area contributed by atoms with Crippen LogP contribution in [0.15, 0.2) is 41.0 Å². The molecule has 122 valence electrons. The molecular weight excluding hydrogens is 308 g/mol.